The van der Waals surface area contributed by atoms with Gasteiger partial charge in [-0.2, -0.15) is 0 Å². The van der Waals surface area contributed by atoms with E-state index in [4.69, 9.17) is 10.1 Å². The molecule has 182 valence electrons. The van der Waals surface area contributed by atoms with Crippen LogP contribution in [-0.4, -0.2) is 60.1 Å². The zero-order valence-electron chi connectivity index (χ0n) is 19.5. The van der Waals surface area contributed by atoms with Gasteiger partial charge in [0.1, 0.15) is 21.7 Å². The molecule has 35 heavy (non-hydrogen) atoms. The van der Waals surface area contributed by atoms with Crippen LogP contribution in [0.15, 0.2) is 69.3 Å². The van der Waals surface area contributed by atoms with Crippen LogP contribution in [0.5, 0.6) is 0 Å². The molecule has 0 radical (unpaired) electrons. The zero-order valence-corrected chi connectivity index (χ0v) is 20.3. The molecule has 5 rings (SSSR count). The Labute approximate surface area is 202 Å². The lowest BCUT2D eigenvalue weighted by atomic mass is 10.2. The SMILES string of the molecule is Cc1ccc2nc3c(cc(S(=O)(=O)c4ccccc4)c(=N)n3CCCN3CCOCC3)c(=O)n2c1. The summed E-state index contributed by atoms with van der Waals surface area (Å²) in [6.45, 7) is 6.07. The molecule has 3 aromatic heterocycles. The lowest BCUT2D eigenvalue weighted by Crippen LogP contribution is -2.37. The lowest BCUT2D eigenvalue weighted by Gasteiger charge is -2.26. The third kappa shape index (κ3) is 4.40. The van der Waals surface area contributed by atoms with E-state index in [9.17, 15) is 13.2 Å². The molecule has 4 heterocycles. The van der Waals surface area contributed by atoms with Crippen LogP contribution in [0.25, 0.3) is 16.7 Å². The molecule has 0 saturated carbocycles. The van der Waals surface area contributed by atoms with Crippen molar-refractivity contribution in [1.82, 2.24) is 18.9 Å². The standard InChI is InChI=1S/C25H27N5O4S/c1-18-8-9-22-27-24-20(25(31)30(22)17-18)16-21(35(32,33)19-6-3-2-4-7-19)23(26)29(24)11-5-10-28-12-14-34-15-13-28/h2-4,6-9,16-17,26H,5,10-15H2,1H3. The average Bonchev–Trinajstić information content (AvgIpc) is 2.87. The first-order chi connectivity index (χ1) is 16.9. The molecule has 4 aromatic rings. The number of pyridine rings is 2. The van der Waals surface area contributed by atoms with Crippen LogP contribution in [0.2, 0.25) is 0 Å². The first-order valence-electron chi connectivity index (χ1n) is 11.6. The third-order valence-corrected chi connectivity index (χ3v) is 8.11. The second-order valence-corrected chi connectivity index (χ2v) is 10.6. The van der Waals surface area contributed by atoms with Gasteiger partial charge >= 0.3 is 0 Å². The number of hydrogen-bond acceptors (Lipinski definition) is 7. The molecule has 10 heteroatoms. The highest BCUT2D eigenvalue weighted by Gasteiger charge is 2.24. The van der Waals surface area contributed by atoms with Crippen molar-refractivity contribution in [1.29, 1.82) is 5.41 Å². The molecular formula is C25H27N5O4S. The van der Waals surface area contributed by atoms with Gasteiger partial charge < -0.3 is 9.30 Å². The minimum atomic E-state index is -4.02. The van der Waals surface area contributed by atoms with Gasteiger partial charge in [-0.3, -0.25) is 19.5 Å². The van der Waals surface area contributed by atoms with E-state index in [1.165, 1.54) is 22.6 Å². The third-order valence-electron chi connectivity index (χ3n) is 6.32. The van der Waals surface area contributed by atoms with Gasteiger partial charge in [-0.25, -0.2) is 13.4 Å². The minimum absolute atomic E-state index is 0.0809. The summed E-state index contributed by atoms with van der Waals surface area (Å²) in [5.74, 6) is 0. The van der Waals surface area contributed by atoms with Crippen molar-refractivity contribution < 1.29 is 13.2 Å². The van der Waals surface area contributed by atoms with E-state index in [-0.39, 0.29) is 26.2 Å². The Kier molecular flexibility index (Phi) is 6.26. The summed E-state index contributed by atoms with van der Waals surface area (Å²) >= 11 is 0. The lowest BCUT2D eigenvalue weighted by molar-refractivity contribution is 0.0369. The fraction of sp³-hybridized carbons (Fsp3) is 0.320. The van der Waals surface area contributed by atoms with Crippen LogP contribution in [0.4, 0.5) is 0 Å². The summed E-state index contributed by atoms with van der Waals surface area (Å²) in [7, 11) is -4.02. The molecule has 1 aromatic carbocycles. The van der Waals surface area contributed by atoms with E-state index in [0.717, 1.165) is 25.2 Å². The number of hydrogen-bond donors (Lipinski definition) is 1. The van der Waals surface area contributed by atoms with Crippen LogP contribution < -0.4 is 11.0 Å². The number of ether oxygens (including phenoxy) is 1. The van der Waals surface area contributed by atoms with Gasteiger partial charge in [0.25, 0.3) is 5.56 Å². The second kappa shape index (κ2) is 9.37. The zero-order chi connectivity index (χ0) is 24.6. The van der Waals surface area contributed by atoms with E-state index < -0.39 is 9.84 Å². The van der Waals surface area contributed by atoms with Crippen LogP contribution >= 0.6 is 0 Å². The smallest absolute Gasteiger partial charge is 0.267 e. The Balaban J connectivity index is 1.69. The monoisotopic (exact) mass is 493 g/mol. The number of morpholine rings is 1. The number of aryl methyl sites for hydroxylation is 2. The number of nitrogens with zero attached hydrogens (tertiary/aromatic N) is 4. The van der Waals surface area contributed by atoms with E-state index in [1.54, 1.807) is 35.0 Å². The molecular weight excluding hydrogens is 466 g/mol. The maximum absolute atomic E-state index is 13.5. The minimum Gasteiger partial charge on any atom is -0.379 e. The van der Waals surface area contributed by atoms with E-state index in [0.29, 0.717) is 37.5 Å². The molecule has 0 spiro atoms. The summed E-state index contributed by atoms with van der Waals surface area (Å²) in [6.07, 6.45) is 2.36. The van der Waals surface area contributed by atoms with Crippen molar-refractivity contribution >= 4 is 26.5 Å². The summed E-state index contributed by atoms with van der Waals surface area (Å²) in [5, 5.41) is 9.04. The number of benzene rings is 1. The van der Waals surface area contributed by atoms with Gasteiger partial charge in [0.15, 0.2) is 0 Å². The summed E-state index contributed by atoms with van der Waals surface area (Å²) in [4.78, 5) is 20.3. The Morgan fingerprint density at radius 2 is 1.80 bits per heavy atom. The van der Waals surface area contributed by atoms with Gasteiger partial charge in [0, 0.05) is 32.4 Å². The van der Waals surface area contributed by atoms with Crippen molar-refractivity contribution in [3.05, 3.63) is 76.1 Å². The molecule has 1 aliphatic heterocycles. The number of sulfone groups is 1. The number of aromatic nitrogens is 3. The van der Waals surface area contributed by atoms with Crippen molar-refractivity contribution in [3.8, 4) is 0 Å². The fourth-order valence-corrected chi connectivity index (χ4v) is 5.85. The Morgan fingerprint density at radius 1 is 1.06 bits per heavy atom. The van der Waals surface area contributed by atoms with Gasteiger partial charge in [0.2, 0.25) is 9.84 Å². The van der Waals surface area contributed by atoms with Gasteiger partial charge in [0.05, 0.1) is 23.5 Å². The Morgan fingerprint density at radius 3 is 2.54 bits per heavy atom. The van der Waals surface area contributed by atoms with Gasteiger partial charge in [-0.05, 0) is 43.2 Å². The first-order valence-corrected chi connectivity index (χ1v) is 13.1. The van der Waals surface area contributed by atoms with Crippen molar-refractivity contribution in [2.75, 3.05) is 32.8 Å². The van der Waals surface area contributed by atoms with Crippen molar-refractivity contribution in [2.45, 2.75) is 29.7 Å². The van der Waals surface area contributed by atoms with Crippen LogP contribution in [0.3, 0.4) is 0 Å². The quantitative estimate of drug-likeness (QED) is 0.412. The molecule has 1 N–H and O–H groups in total. The highest BCUT2D eigenvalue weighted by atomic mass is 32.2. The predicted molar refractivity (Wildman–Crippen MR) is 131 cm³/mol. The maximum atomic E-state index is 13.5. The summed E-state index contributed by atoms with van der Waals surface area (Å²) in [5.41, 5.74) is 1.12. The van der Waals surface area contributed by atoms with Crippen molar-refractivity contribution in [3.63, 3.8) is 0 Å². The van der Waals surface area contributed by atoms with Crippen LogP contribution in [0.1, 0.15) is 12.0 Å². The topological polar surface area (TPSA) is 110 Å². The maximum Gasteiger partial charge on any atom is 0.267 e. The summed E-state index contributed by atoms with van der Waals surface area (Å²) < 4.78 is 35.4. The fourth-order valence-electron chi connectivity index (χ4n) is 4.44. The Hall–Kier alpha value is -3.34. The van der Waals surface area contributed by atoms with E-state index in [1.807, 2.05) is 13.0 Å². The van der Waals surface area contributed by atoms with Crippen LogP contribution in [-0.2, 0) is 21.1 Å². The van der Waals surface area contributed by atoms with Crippen molar-refractivity contribution in [2.24, 2.45) is 0 Å². The molecule has 0 atom stereocenters. The second-order valence-electron chi connectivity index (χ2n) is 8.72. The Bertz CT molecular complexity index is 1620. The predicted octanol–water partition coefficient (Wildman–Crippen LogP) is 1.99. The highest BCUT2D eigenvalue weighted by molar-refractivity contribution is 7.91. The van der Waals surface area contributed by atoms with Gasteiger partial charge in [-0.1, -0.05) is 24.3 Å². The summed E-state index contributed by atoms with van der Waals surface area (Å²) in [6, 6.07) is 12.9. The van der Waals surface area contributed by atoms with E-state index in [2.05, 4.69) is 9.88 Å². The molecule has 1 fully saturated rings. The molecule has 1 aliphatic rings. The number of nitrogens with one attached hydrogen (secondary N) is 1. The molecule has 0 bridgehead atoms. The average molecular weight is 494 g/mol. The van der Waals surface area contributed by atoms with Gasteiger partial charge in [-0.15, -0.1) is 0 Å². The number of rotatable bonds is 6. The van der Waals surface area contributed by atoms with E-state index >= 15 is 0 Å². The largest absolute Gasteiger partial charge is 0.379 e. The molecule has 0 aliphatic carbocycles. The normalized spacial score (nSPS) is 15.1. The van der Waals surface area contributed by atoms with Crippen LogP contribution in [0, 0.1) is 12.3 Å². The molecule has 0 amide bonds. The molecule has 9 nitrogen and oxygen atoms in total. The molecule has 1 saturated heterocycles. The first kappa shape index (κ1) is 23.4. The number of fused-ring (bicyclic) bond motifs is 2. The highest BCUT2D eigenvalue weighted by Crippen LogP contribution is 2.21. The molecule has 0 unspecified atom stereocenters.